The van der Waals surface area contributed by atoms with Crippen LogP contribution in [0.2, 0.25) is 0 Å². The molecule has 0 atom stereocenters. The Morgan fingerprint density at radius 3 is 2.38 bits per heavy atom. The van der Waals surface area contributed by atoms with Crippen molar-refractivity contribution in [2.24, 2.45) is 9.98 Å². The topological polar surface area (TPSA) is 24.7 Å². The van der Waals surface area contributed by atoms with Gasteiger partial charge in [0.1, 0.15) is 0 Å². The summed E-state index contributed by atoms with van der Waals surface area (Å²) in [4.78, 5) is 5.85. The van der Waals surface area contributed by atoms with E-state index in [1.54, 1.807) is 6.92 Å². The summed E-state index contributed by atoms with van der Waals surface area (Å²) in [5.41, 5.74) is 0.520. The van der Waals surface area contributed by atoms with Crippen LogP contribution in [0.4, 0.5) is 13.2 Å². The van der Waals surface area contributed by atoms with Gasteiger partial charge in [0.2, 0.25) is 5.84 Å². The number of nitrogens with zero attached hydrogens (tertiary/aromatic N) is 2. The van der Waals surface area contributed by atoms with Crippen LogP contribution in [0.25, 0.3) is 0 Å². The van der Waals surface area contributed by atoms with Gasteiger partial charge in [-0.2, -0.15) is 13.2 Å². The van der Waals surface area contributed by atoms with E-state index in [4.69, 9.17) is 11.6 Å². The fourth-order valence-electron chi connectivity index (χ4n) is 0.409. The highest BCUT2D eigenvalue weighted by Gasteiger charge is 2.34. The number of aliphatic imine (C=N–C) groups is 2. The Morgan fingerprint density at radius 2 is 2.08 bits per heavy atom. The summed E-state index contributed by atoms with van der Waals surface area (Å²) in [7, 11) is 0. The maximum atomic E-state index is 11.9. The predicted octanol–water partition coefficient (Wildman–Crippen LogP) is 2.79. The van der Waals surface area contributed by atoms with Gasteiger partial charge in [0.25, 0.3) is 0 Å². The first kappa shape index (κ1) is 12.2. The van der Waals surface area contributed by atoms with Gasteiger partial charge < -0.3 is 0 Å². The number of halogens is 4. The average Bonchev–Trinajstić information content (AvgIpc) is 2.02. The van der Waals surface area contributed by atoms with E-state index in [2.05, 4.69) is 16.7 Å². The van der Waals surface area contributed by atoms with E-state index >= 15 is 0 Å². The fraction of sp³-hybridized carbons (Fsp3) is 0.429. The molecule has 0 unspecified atom stereocenters. The van der Waals surface area contributed by atoms with Gasteiger partial charge in [0.15, 0.2) is 0 Å². The minimum absolute atomic E-state index is 0.131. The van der Waals surface area contributed by atoms with Gasteiger partial charge in [-0.3, -0.25) is 0 Å². The molecule has 0 aliphatic carbocycles. The molecule has 0 aromatic heterocycles. The van der Waals surface area contributed by atoms with Crippen molar-refractivity contribution in [3.63, 3.8) is 0 Å². The monoisotopic (exact) mass is 212 g/mol. The fourth-order valence-corrected chi connectivity index (χ4v) is 0.479. The molecule has 0 rings (SSSR count). The first-order chi connectivity index (χ1) is 5.91. The van der Waals surface area contributed by atoms with Crippen LogP contribution in [-0.4, -0.2) is 24.6 Å². The Morgan fingerprint density at radius 1 is 1.54 bits per heavy atom. The predicted molar refractivity (Wildman–Crippen MR) is 47.5 cm³/mol. The van der Waals surface area contributed by atoms with Crippen molar-refractivity contribution >= 4 is 24.2 Å². The maximum Gasteiger partial charge on any atom is 0.451 e. The zero-order valence-electron chi connectivity index (χ0n) is 6.90. The molecule has 2 nitrogen and oxygen atoms in total. The smallest absolute Gasteiger partial charge is 0.241 e. The van der Waals surface area contributed by atoms with Crippen molar-refractivity contribution < 1.29 is 13.2 Å². The molecular weight excluding hydrogens is 205 g/mol. The quantitative estimate of drug-likeness (QED) is 0.382. The molecule has 74 valence electrons. The zero-order chi connectivity index (χ0) is 10.5. The van der Waals surface area contributed by atoms with E-state index in [0.717, 1.165) is 6.20 Å². The highest BCUT2D eigenvalue weighted by atomic mass is 35.5. The first-order valence-corrected chi connectivity index (χ1v) is 3.78. The summed E-state index contributed by atoms with van der Waals surface area (Å²) < 4.78 is 35.8. The average molecular weight is 213 g/mol. The second kappa shape index (κ2) is 5.01. The highest BCUT2D eigenvalue weighted by Crippen LogP contribution is 2.18. The molecule has 0 radical (unpaired) electrons. The third-order valence-corrected chi connectivity index (χ3v) is 1.44. The molecular formula is C7H8ClF3N2. The Bertz CT molecular complexity index is 243. The van der Waals surface area contributed by atoms with Gasteiger partial charge in [0.05, 0.1) is 0 Å². The van der Waals surface area contributed by atoms with E-state index in [-0.39, 0.29) is 5.88 Å². The molecule has 0 aromatic carbocycles. The van der Waals surface area contributed by atoms with Crippen molar-refractivity contribution in [3.05, 3.63) is 11.8 Å². The number of rotatable bonds is 2. The van der Waals surface area contributed by atoms with E-state index in [1.807, 2.05) is 0 Å². The molecule has 0 saturated heterocycles. The third-order valence-electron chi connectivity index (χ3n) is 1.02. The van der Waals surface area contributed by atoms with Crippen molar-refractivity contribution in [2.45, 2.75) is 13.1 Å². The number of allylic oxidation sites excluding steroid dienone is 1. The summed E-state index contributed by atoms with van der Waals surface area (Å²) in [6.07, 6.45) is -3.55. The SMILES string of the molecule is C=NC(=N/C=C(\C)CCl)C(F)(F)F. The van der Waals surface area contributed by atoms with Crippen LogP contribution in [0.3, 0.4) is 0 Å². The molecule has 0 bridgehead atoms. The van der Waals surface area contributed by atoms with Crippen molar-refractivity contribution in [3.8, 4) is 0 Å². The number of alkyl halides is 4. The minimum Gasteiger partial charge on any atom is -0.241 e. The standard InChI is InChI=1S/C7H8ClF3N2/c1-5(3-8)4-13-6(12-2)7(9,10)11/h4H,2-3H2,1H3/b5-4+,13-6?. The van der Waals surface area contributed by atoms with Crippen LogP contribution < -0.4 is 0 Å². The van der Waals surface area contributed by atoms with Gasteiger partial charge in [-0.05, 0) is 19.2 Å². The van der Waals surface area contributed by atoms with Gasteiger partial charge >= 0.3 is 6.18 Å². The third kappa shape index (κ3) is 4.67. The van der Waals surface area contributed by atoms with Crippen LogP contribution >= 0.6 is 11.6 Å². The van der Waals surface area contributed by atoms with Crippen molar-refractivity contribution in [1.82, 2.24) is 0 Å². The number of amidine groups is 1. The lowest BCUT2D eigenvalue weighted by Gasteiger charge is -2.02. The summed E-state index contributed by atoms with van der Waals surface area (Å²) in [5, 5.41) is 0. The second-order valence-electron chi connectivity index (χ2n) is 2.22. The van der Waals surface area contributed by atoms with E-state index in [0.29, 0.717) is 5.57 Å². The van der Waals surface area contributed by atoms with Crippen LogP contribution in [0.5, 0.6) is 0 Å². The Labute approximate surface area is 78.8 Å². The summed E-state index contributed by atoms with van der Waals surface area (Å²) >= 11 is 5.33. The van der Waals surface area contributed by atoms with Gasteiger partial charge in [-0.1, -0.05) is 0 Å². The molecule has 0 aliphatic heterocycles. The maximum absolute atomic E-state index is 11.9. The molecule has 0 aromatic rings. The number of hydrogen-bond acceptors (Lipinski definition) is 1. The van der Waals surface area contributed by atoms with Crippen LogP contribution in [0.1, 0.15) is 6.92 Å². The molecule has 0 aliphatic rings. The molecule has 6 heteroatoms. The van der Waals surface area contributed by atoms with Crippen LogP contribution in [-0.2, 0) is 0 Å². The zero-order valence-corrected chi connectivity index (χ0v) is 7.65. The molecule has 0 saturated carbocycles. The largest absolute Gasteiger partial charge is 0.451 e. The van der Waals surface area contributed by atoms with Gasteiger partial charge in [-0.15, -0.1) is 11.6 Å². The van der Waals surface area contributed by atoms with E-state index in [9.17, 15) is 13.2 Å². The molecule has 13 heavy (non-hydrogen) atoms. The van der Waals surface area contributed by atoms with Crippen molar-refractivity contribution in [2.75, 3.05) is 5.88 Å². The molecule has 0 fully saturated rings. The lowest BCUT2D eigenvalue weighted by atomic mass is 10.4. The lowest BCUT2D eigenvalue weighted by Crippen LogP contribution is -2.20. The molecule has 0 amide bonds. The first-order valence-electron chi connectivity index (χ1n) is 3.25. The minimum atomic E-state index is -4.56. The van der Waals surface area contributed by atoms with Crippen LogP contribution in [0, 0.1) is 0 Å². The molecule has 0 heterocycles. The lowest BCUT2D eigenvalue weighted by molar-refractivity contribution is -0.0596. The normalized spacial score (nSPS) is 14.5. The number of hydrogen-bond donors (Lipinski definition) is 0. The Balaban J connectivity index is 4.69. The van der Waals surface area contributed by atoms with Crippen molar-refractivity contribution in [1.29, 1.82) is 0 Å². The summed E-state index contributed by atoms with van der Waals surface area (Å²) in [5.74, 6) is -1.14. The Hall–Kier alpha value is -0.840. The Kier molecular flexibility index (Phi) is 4.69. The van der Waals surface area contributed by atoms with E-state index in [1.165, 1.54) is 0 Å². The van der Waals surface area contributed by atoms with Crippen LogP contribution in [0.15, 0.2) is 21.8 Å². The van der Waals surface area contributed by atoms with E-state index < -0.39 is 12.0 Å². The molecule has 0 spiro atoms. The molecule has 0 N–H and O–H groups in total. The van der Waals surface area contributed by atoms with Gasteiger partial charge in [0, 0.05) is 12.1 Å². The van der Waals surface area contributed by atoms with Gasteiger partial charge in [-0.25, -0.2) is 9.98 Å². The highest BCUT2D eigenvalue weighted by molar-refractivity contribution is 6.19. The second-order valence-corrected chi connectivity index (χ2v) is 2.48. The summed E-state index contributed by atoms with van der Waals surface area (Å²) in [6, 6.07) is 0. The summed E-state index contributed by atoms with van der Waals surface area (Å²) in [6.45, 7) is 4.33.